The molecule has 0 fully saturated rings. The van der Waals surface area contributed by atoms with Gasteiger partial charge in [0.15, 0.2) is 31.0 Å². The number of aryl methyl sites for hydroxylation is 22. The summed E-state index contributed by atoms with van der Waals surface area (Å²) in [6, 6.07) is 121. The Bertz CT molecular complexity index is 9170. The van der Waals surface area contributed by atoms with Gasteiger partial charge in [-0.05, 0) is 320 Å². The zero-order valence-electron chi connectivity index (χ0n) is 112. The predicted octanol–water partition coefficient (Wildman–Crippen LogP) is 32.8. The van der Waals surface area contributed by atoms with E-state index in [1.807, 2.05) is 295 Å². The number of nitrogens with zero attached hydrogens (tertiary/aromatic N) is 5. The molecular weight excluding hydrogens is 1720 g/mol. The average molecular weight is 1880 g/mol. The standard InChI is InChI=1S/3C28H28N.C27H26N.C26H24N/c1-19-14-15-24(23-12-7-6-8-13-23)16-25(19)27-17-26(22(4)18-29(27)5)28-20(2)10-9-11-21(28)3;1-19-11-14-25(21(3)15-19)26-17-28(29(5)18-22(26)4)27-16-24(13-12-20(27)2)23-9-7-6-8-10-23;1-19-15-21(3)28(22(4)16-19)25-13-14-29(5)27(18-25)26-17-24(12-11-20(26)2)23-9-7-6-8-10-23;1-19-10-8-9-13-24(19)25-17-27(28(4)18-21(25)3)26-16-23(15-14-20(26)2)22-11-6-5-7-12-22;1-19-14-15-23(21-10-6-4-7-11-21)16-25(19)26-17-24(20(2)18-27(26)3)22-12-8-5-9-13-22/h3*6-18H,1-5H3;5-18H,1-4H3;4-18H,1-3H3/q5*+1/i2D3,3D3,4D3;2*3D3,4D3;1D3,3D3;2D3. The Balaban J connectivity index is 0.000000150. The van der Waals surface area contributed by atoms with Gasteiger partial charge in [-0.25, -0.2) is 22.8 Å². The number of aromatic nitrogens is 5. The van der Waals surface area contributed by atoms with E-state index in [9.17, 15) is 0 Å². The molecule has 20 aromatic rings. The summed E-state index contributed by atoms with van der Waals surface area (Å²) in [5.74, 6) is 0. The second-order valence-corrected chi connectivity index (χ2v) is 36.2. The maximum Gasteiger partial charge on any atom is 0.213 e. The second-order valence-electron chi connectivity index (χ2n) is 36.2. The van der Waals surface area contributed by atoms with E-state index in [2.05, 4.69) is 97.9 Å². The highest BCUT2D eigenvalue weighted by Gasteiger charge is 2.26. The molecule has 5 heterocycles. The lowest BCUT2D eigenvalue weighted by Gasteiger charge is -2.14. The van der Waals surface area contributed by atoms with Crippen molar-refractivity contribution in [1.82, 2.24) is 0 Å². The van der Waals surface area contributed by atoms with Crippen LogP contribution in [0.1, 0.15) is 136 Å². The fourth-order valence-electron chi connectivity index (χ4n) is 18.3. The second kappa shape index (κ2) is 44.5. The lowest BCUT2D eigenvalue weighted by molar-refractivity contribution is -0.660. The van der Waals surface area contributed by atoms with Crippen LogP contribution in [0.2, 0.25) is 0 Å². The maximum absolute atomic E-state index is 8.22. The molecule has 0 saturated heterocycles. The first-order valence-electron chi connectivity index (χ1n) is 62.2. The highest BCUT2D eigenvalue weighted by atomic mass is 14.9. The molecule has 0 N–H and O–H groups in total. The van der Waals surface area contributed by atoms with Crippen LogP contribution in [0.5, 0.6) is 0 Å². The summed E-state index contributed by atoms with van der Waals surface area (Å²) in [5, 5.41) is 0. The summed E-state index contributed by atoms with van der Waals surface area (Å²) in [6.45, 7) is -11.0. The summed E-state index contributed by atoms with van der Waals surface area (Å²) in [7, 11) is 9.21. The molecule has 702 valence electrons. The monoisotopic (exact) mass is 1880 g/mol. The van der Waals surface area contributed by atoms with Crippen molar-refractivity contribution < 1.29 is 64.0 Å². The summed E-state index contributed by atoms with van der Waals surface area (Å²) < 4.78 is 253. The topological polar surface area (TPSA) is 19.4 Å². The van der Waals surface area contributed by atoms with Crippen LogP contribution in [0.15, 0.2) is 413 Å². The van der Waals surface area contributed by atoms with Gasteiger partial charge in [-0.1, -0.05) is 327 Å². The molecule has 5 heteroatoms. The Kier molecular flexibility index (Phi) is 21.1. The third kappa shape index (κ3) is 22.6. The van der Waals surface area contributed by atoms with E-state index in [0.717, 1.165) is 151 Å². The minimum absolute atomic E-state index is 0.0539. The van der Waals surface area contributed by atoms with Crippen molar-refractivity contribution in [2.45, 2.75) is 117 Å². The molecule has 5 aromatic heterocycles. The number of hydrogen-bond acceptors (Lipinski definition) is 0. The molecule has 20 rings (SSSR count). The van der Waals surface area contributed by atoms with Gasteiger partial charge in [0.05, 0.1) is 0 Å². The van der Waals surface area contributed by atoms with E-state index in [-0.39, 0.29) is 66.8 Å². The Labute approximate surface area is 887 Å². The van der Waals surface area contributed by atoms with Gasteiger partial charge in [-0.15, -0.1) is 0 Å². The number of pyridine rings is 5. The summed E-state index contributed by atoms with van der Waals surface area (Å²) in [4.78, 5) is 0. The molecule has 142 heavy (non-hydrogen) atoms. The SMILES string of the molecule is [2H]C([2H])([2H])c1c[n+](C)c(-c2cc(-c3ccccc3)ccc2C)cc1-c1c(C([2H])([2H])[2H])cccc1C([2H])([2H])[2H].[2H]C([2H])([2H])c1c[n+](C)c(-c2cc(-c3ccccc3)ccc2C)cc1-c1ccccc1.[2H]C([2H])([2H])c1cc(C)cc(C([2H])([2H])[2H])c1-c1cc[n+](C)c(-c2cc(-c3ccccc3)ccc2C)c1.[2H]C([2H])([2H])c1cc(C)ccc1-c1cc(-c2cc(-c3ccccc3)ccc2C)[n+](C)cc1C([2H])([2H])[2H].[2H]C([2H])([2H])c1ccccc1-c1cc(-c2cc(-c3ccccc3)ccc2C)[n+](C)cc1C([2H])([2H])[2H]. The van der Waals surface area contributed by atoms with Gasteiger partial charge in [-0.2, -0.15) is 0 Å². The first-order chi connectivity index (χ1) is 80.6. The summed E-state index contributed by atoms with van der Waals surface area (Å²) >= 11 is 0. The number of benzene rings is 15. The number of hydrogen-bond donors (Lipinski definition) is 0. The van der Waals surface area contributed by atoms with Crippen molar-refractivity contribution in [3.63, 3.8) is 0 Å². The van der Waals surface area contributed by atoms with Crippen molar-refractivity contribution in [2.75, 3.05) is 0 Å². The Morgan fingerprint density at radius 2 is 0.430 bits per heavy atom. The number of rotatable bonds is 15. The molecule has 0 aliphatic heterocycles. The van der Waals surface area contributed by atoms with Gasteiger partial charge >= 0.3 is 0 Å². The van der Waals surface area contributed by atoms with E-state index in [4.69, 9.17) is 41.1 Å². The average Bonchev–Trinajstić information content (AvgIpc) is 0.742. The molecule has 0 aliphatic carbocycles. The predicted molar refractivity (Wildman–Crippen MR) is 600 cm³/mol. The van der Waals surface area contributed by atoms with Crippen LogP contribution >= 0.6 is 0 Å². The third-order valence-electron chi connectivity index (χ3n) is 26.0. The molecule has 0 atom stereocenters. The molecule has 0 bridgehead atoms. The van der Waals surface area contributed by atoms with E-state index >= 15 is 0 Å². The lowest BCUT2D eigenvalue weighted by atomic mass is 9.91. The molecule has 0 amide bonds. The molecule has 0 saturated carbocycles. The van der Waals surface area contributed by atoms with Gasteiger partial charge in [0.1, 0.15) is 35.2 Å². The maximum atomic E-state index is 8.22. The fourth-order valence-corrected chi connectivity index (χ4v) is 18.3. The largest absolute Gasteiger partial charge is 0.213 e. The first-order valence-corrected chi connectivity index (χ1v) is 47.2. The molecular formula is C137H134N5+5. The minimum Gasteiger partial charge on any atom is -0.201 e. The zero-order chi connectivity index (χ0) is 125. The molecule has 5 nitrogen and oxygen atoms in total. The minimum atomic E-state index is -2.66. The zero-order valence-corrected chi connectivity index (χ0v) is 82.0. The Hall–Kier alpha value is -16.0. The third-order valence-corrected chi connectivity index (χ3v) is 26.0. The molecule has 0 radical (unpaired) electrons. The summed E-state index contributed by atoms with van der Waals surface area (Å²) in [5.41, 5.74) is 30.8. The van der Waals surface area contributed by atoms with Crippen LogP contribution in [-0.4, -0.2) is 0 Å². The highest BCUT2D eigenvalue weighted by molar-refractivity contribution is 5.85. The van der Waals surface area contributed by atoms with Gasteiger partial charge in [0.25, 0.3) is 0 Å². The van der Waals surface area contributed by atoms with Crippen molar-refractivity contribution >= 4 is 0 Å². The van der Waals surface area contributed by atoms with Crippen LogP contribution in [0, 0.1) is 117 Å². The smallest absolute Gasteiger partial charge is 0.201 e. The van der Waals surface area contributed by atoms with Crippen molar-refractivity contribution in [2.24, 2.45) is 35.2 Å². The van der Waals surface area contributed by atoms with E-state index in [1.165, 1.54) is 24.4 Å². The van der Waals surface area contributed by atoms with E-state index in [0.29, 0.717) is 44.6 Å². The van der Waals surface area contributed by atoms with Crippen LogP contribution in [0.4, 0.5) is 0 Å². The Morgan fingerprint density at radius 3 is 0.782 bits per heavy atom. The lowest BCUT2D eigenvalue weighted by Crippen LogP contribution is -2.31. The van der Waals surface area contributed by atoms with Gasteiger partial charge in [0, 0.05) is 128 Å². The van der Waals surface area contributed by atoms with Gasteiger partial charge in [0.2, 0.25) is 28.5 Å². The summed E-state index contributed by atoms with van der Waals surface area (Å²) in [6.07, 6.45) is 8.26. The Morgan fingerprint density at radius 1 is 0.148 bits per heavy atom. The molecule has 0 unspecified atom stereocenters. The van der Waals surface area contributed by atoms with Crippen molar-refractivity contribution in [1.29, 1.82) is 0 Å². The van der Waals surface area contributed by atoms with E-state index in [1.54, 1.807) is 102 Å². The molecule has 0 aliphatic rings. The van der Waals surface area contributed by atoms with Crippen LogP contribution in [0.3, 0.4) is 0 Å². The van der Waals surface area contributed by atoms with Crippen LogP contribution in [0.25, 0.3) is 168 Å². The van der Waals surface area contributed by atoms with Gasteiger partial charge in [-0.3, -0.25) is 0 Å². The van der Waals surface area contributed by atoms with Gasteiger partial charge < -0.3 is 0 Å². The van der Waals surface area contributed by atoms with Crippen LogP contribution < -0.4 is 22.8 Å². The molecule has 0 spiro atoms. The van der Waals surface area contributed by atoms with Crippen LogP contribution in [-0.2, 0) is 35.2 Å². The normalized spacial score (nSPS) is 14.9. The highest BCUT2D eigenvalue weighted by Crippen LogP contribution is 2.41. The fraction of sp³-hybridized carbons (Fsp3) is 0.161. The van der Waals surface area contributed by atoms with Crippen molar-refractivity contribution in [3.05, 3.63) is 508 Å². The van der Waals surface area contributed by atoms with Crippen molar-refractivity contribution in [3.8, 4) is 168 Å². The molecule has 15 aromatic carbocycles. The first kappa shape index (κ1) is 67.4. The quantitative estimate of drug-likeness (QED) is 0.0912. The van der Waals surface area contributed by atoms with E-state index < -0.39 is 68.5 Å².